The average Bonchev–Trinajstić information content (AvgIpc) is 2.83. The molecule has 1 fully saturated rings. The van der Waals surface area contributed by atoms with E-state index < -0.39 is 6.36 Å². The van der Waals surface area contributed by atoms with E-state index in [9.17, 15) is 13.2 Å². The van der Waals surface area contributed by atoms with Crippen LogP contribution in [-0.2, 0) is 6.54 Å². The third-order valence-corrected chi connectivity index (χ3v) is 3.98. The van der Waals surface area contributed by atoms with Gasteiger partial charge in [-0.25, -0.2) is 0 Å². The second-order valence-electron chi connectivity index (χ2n) is 5.02. The Morgan fingerprint density at radius 3 is 2.50 bits per heavy atom. The van der Waals surface area contributed by atoms with Gasteiger partial charge in [-0.15, -0.1) is 24.8 Å². The topological polar surface area (TPSA) is 21.3 Å². The highest BCUT2D eigenvalue weighted by Gasteiger charge is 2.31. The number of benzene rings is 1. The number of hydrogen-bond acceptors (Lipinski definition) is 2. The van der Waals surface area contributed by atoms with Crippen molar-refractivity contribution in [2.24, 2.45) is 5.92 Å². The zero-order valence-electron chi connectivity index (χ0n) is 10.9. The zero-order valence-corrected chi connectivity index (χ0v) is 11.7. The fraction of sp³-hybridized carbons (Fsp3) is 0.571. The van der Waals surface area contributed by atoms with Crippen molar-refractivity contribution in [2.45, 2.75) is 38.2 Å². The number of alkyl halides is 4. The first-order chi connectivity index (χ1) is 9.48. The van der Waals surface area contributed by atoms with E-state index in [0.29, 0.717) is 24.4 Å². The van der Waals surface area contributed by atoms with Gasteiger partial charge in [0.2, 0.25) is 0 Å². The maximum absolute atomic E-state index is 12.0. The van der Waals surface area contributed by atoms with Crippen LogP contribution in [0, 0.1) is 5.92 Å². The lowest BCUT2D eigenvalue weighted by molar-refractivity contribution is -0.274. The van der Waals surface area contributed by atoms with Crippen molar-refractivity contribution < 1.29 is 17.9 Å². The van der Waals surface area contributed by atoms with Crippen molar-refractivity contribution in [1.82, 2.24) is 5.32 Å². The largest absolute Gasteiger partial charge is 0.573 e. The Balaban J connectivity index is 1.85. The van der Waals surface area contributed by atoms with E-state index in [1.54, 1.807) is 12.1 Å². The Morgan fingerprint density at radius 1 is 1.20 bits per heavy atom. The summed E-state index contributed by atoms with van der Waals surface area (Å²) in [5.74, 6) is 0.945. The number of hydrogen-bond donors (Lipinski definition) is 1. The molecule has 0 spiro atoms. The maximum atomic E-state index is 12.0. The summed E-state index contributed by atoms with van der Waals surface area (Å²) < 4.78 is 39.9. The fourth-order valence-electron chi connectivity index (χ4n) is 2.55. The molecular weight excluding hydrogens is 291 g/mol. The van der Waals surface area contributed by atoms with E-state index in [0.717, 1.165) is 18.4 Å². The molecule has 0 bridgehead atoms. The van der Waals surface area contributed by atoms with Crippen molar-refractivity contribution in [3.05, 3.63) is 29.8 Å². The molecule has 0 aromatic heterocycles. The van der Waals surface area contributed by atoms with Gasteiger partial charge in [0, 0.05) is 18.5 Å². The van der Waals surface area contributed by atoms with Crippen LogP contribution in [0.5, 0.6) is 5.75 Å². The molecule has 0 aliphatic heterocycles. The van der Waals surface area contributed by atoms with E-state index in [2.05, 4.69) is 10.1 Å². The number of ether oxygens (including phenoxy) is 1. The molecule has 1 saturated carbocycles. The average molecular weight is 308 g/mol. The van der Waals surface area contributed by atoms with Gasteiger partial charge >= 0.3 is 6.36 Å². The molecule has 2 nitrogen and oxygen atoms in total. The van der Waals surface area contributed by atoms with Crippen molar-refractivity contribution in [2.75, 3.05) is 5.88 Å². The Kier molecular flexibility index (Phi) is 5.16. The van der Waals surface area contributed by atoms with Gasteiger partial charge in [0.25, 0.3) is 0 Å². The van der Waals surface area contributed by atoms with Crippen molar-refractivity contribution in [3.8, 4) is 5.75 Å². The second-order valence-corrected chi connectivity index (χ2v) is 5.33. The third kappa shape index (κ3) is 4.56. The molecule has 1 aliphatic carbocycles. The molecule has 2 atom stereocenters. The molecule has 1 aliphatic rings. The monoisotopic (exact) mass is 307 g/mol. The van der Waals surface area contributed by atoms with Crippen molar-refractivity contribution in [1.29, 1.82) is 0 Å². The summed E-state index contributed by atoms with van der Waals surface area (Å²) >= 11 is 5.90. The second kappa shape index (κ2) is 6.68. The number of halogens is 4. The molecule has 0 saturated heterocycles. The normalized spacial score (nSPS) is 23.0. The molecule has 2 rings (SSSR count). The predicted molar refractivity (Wildman–Crippen MR) is 71.8 cm³/mol. The van der Waals surface area contributed by atoms with Gasteiger partial charge < -0.3 is 10.1 Å². The highest BCUT2D eigenvalue weighted by atomic mass is 35.5. The lowest BCUT2D eigenvalue weighted by atomic mass is 10.1. The Hall–Kier alpha value is -0.940. The summed E-state index contributed by atoms with van der Waals surface area (Å²) in [5, 5.41) is 3.42. The van der Waals surface area contributed by atoms with Gasteiger partial charge in [0.1, 0.15) is 5.75 Å². The van der Waals surface area contributed by atoms with Crippen LogP contribution in [0.3, 0.4) is 0 Å². The minimum atomic E-state index is -4.64. The van der Waals surface area contributed by atoms with Gasteiger partial charge in [0.15, 0.2) is 0 Å². The fourth-order valence-corrected chi connectivity index (χ4v) is 2.92. The lowest BCUT2D eigenvalue weighted by Crippen LogP contribution is -2.32. The zero-order chi connectivity index (χ0) is 14.6. The first-order valence-electron chi connectivity index (χ1n) is 6.62. The van der Waals surface area contributed by atoms with Crippen LogP contribution in [0.4, 0.5) is 13.2 Å². The van der Waals surface area contributed by atoms with E-state index in [4.69, 9.17) is 11.6 Å². The summed E-state index contributed by atoms with van der Waals surface area (Å²) in [7, 11) is 0. The van der Waals surface area contributed by atoms with Gasteiger partial charge in [-0.1, -0.05) is 18.6 Å². The van der Waals surface area contributed by atoms with Crippen LogP contribution < -0.4 is 10.1 Å². The smallest absolute Gasteiger partial charge is 0.406 e. The maximum Gasteiger partial charge on any atom is 0.573 e. The van der Waals surface area contributed by atoms with E-state index >= 15 is 0 Å². The van der Waals surface area contributed by atoms with E-state index in [1.807, 2.05) is 0 Å². The van der Waals surface area contributed by atoms with E-state index in [-0.39, 0.29) is 5.75 Å². The number of nitrogens with one attached hydrogen (secondary N) is 1. The van der Waals surface area contributed by atoms with Crippen molar-refractivity contribution >= 4 is 11.6 Å². The highest BCUT2D eigenvalue weighted by Crippen LogP contribution is 2.27. The quantitative estimate of drug-likeness (QED) is 0.828. The van der Waals surface area contributed by atoms with E-state index in [1.165, 1.54) is 18.6 Å². The minimum absolute atomic E-state index is 0.194. The Labute approximate surface area is 121 Å². The molecule has 2 unspecified atom stereocenters. The summed E-state index contributed by atoms with van der Waals surface area (Å²) in [4.78, 5) is 0. The summed E-state index contributed by atoms with van der Waals surface area (Å²) in [6.07, 6.45) is -1.23. The first-order valence-corrected chi connectivity index (χ1v) is 7.15. The van der Waals surface area contributed by atoms with Gasteiger partial charge in [-0.05, 0) is 36.5 Å². The molecule has 112 valence electrons. The van der Waals surface area contributed by atoms with Gasteiger partial charge in [0.05, 0.1) is 0 Å². The van der Waals surface area contributed by atoms with Crippen molar-refractivity contribution in [3.63, 3.8) is 0 Å². The minimum Gasteiger partial charge on any atom is -0.406 e. The summed E-state index contributed by atoms with van der Waals surface area (Å²) in [6.45, 7) is 0.629. The Bertz CT molecular complexity index is 421. The standard InChI is InChI=1S/C14H17ClF3NO/c15-8-11-2-1-3-13(11)19-9-10-4-6-12(7-5-10)20-14(16,17)18/h4-7,11,13,19H,1-3,8-9H2. The van der Waals surface area contributed by atoms with Gasteiger partial charge in [-0.3, -0.25) is 0 Å². The van der Waals surface area contributed by atoms with Crippen LogP contribution >= 0.6 is 11.6 Å². The lowest BCUT2D eigenvalue weighted by Gasteiger charge is -2.19. The Morgan fingerprint density at radius 2 is 1.90 bits per heavy atom. The molecule has 20 heavy (non-hydrogen) atoms. The molecule has 6 heteroatoms. The summed E-state index contributed by atoms with van der Waals surface area (Å²) in [6, 6.07) is 6.34. The molecule has 1 N–H and O–H groups in total. The molecular formula is C14H17ClF3NO. The number of rotatable bonds is 5. The van der Waals surface area contributed by atoms with Crippen LogP contribution in [0.25, 0.3) is 0 Å². The SMILES string of the molecule is FC(F)(F)Oc1ccc(CNC2CCCC2CCl)cc1. The van der Waals surface area contributed by atoms with Crippen LogP contribution in [-0.4, -0.2) is 18.3 Å². The molecule has 0 heterocycles. The molecule has 1 aromatic rings. The molecule has 0 amide bonds. The van der Waals surface area contributed by atoms with Gasteiger partial charge in [-0.2, -0.15) is 0 Å². The highest BCUT2D eigenvalue weighted by molar-refractivity contribution is 6.18. The van der Waals surface area contributed by atoms with Crippen LogP contribution in [0.1, 0.15) is 24.8 Å². The molecule has 0 radical (unpaired) electrons. The predicted octanol–water partition coefficient (Wildman–Crippen LogP) is 4.08. The third-order valence-electron chi connectivity index (χ3n) is 3.58. The summed E-state index contributed by atoms with van der Waals surface area (Å²) in [5.41, 5.74) is 0.930. The first kappa shape index (κ1) is 15.4. The molecule has 1 aromatic carbocycles. The van der Waals surface area contributed by atoms with Crippen LogP contribution in [0.2, 0.25) is 0 Å². The van der Waals surface area contributed by atoms with Crippen LogP contribution in [0.15, 0.2) is 24.3 Å².